The van der Waals surface area contributed by atoms with E-state index in [4.69, 9.17) is 0 Å². The summed E-state index contributed by atoms with van der Waals surface area (Å²) in [5.74, 6) is -1.30. The maximum absolute atomic E-state index is 14.0. The van der Waals surface area contributed by atoms with Crippen molar-refractivity contribution < 1.29 is 14.1 Å². The monoisotopic (exact) mass is 360 g/mol. The second-order valence-electron chi connectivity index (χ2n) is 4.58. The van der Waals surface area contributed by atoms with Gasteiger partial charge >= 0.3 is 0 Å². The number of rotatable bonds is 7. The van der Waals surface area contributed by atoms with Crippen LogP contribution in [0.4, 0.5) is 10.1 Å². The fourth-order valence-corrected chi connectivity index (χ4v) is 2.60. The molecule has 5 nitrogen and oxygen atoms in total. The van der Waals surface area contributed by atoms with E-state index in [1.54, 1.807) is 4.90 Å². The molecule has 0 saturated heterocycles. The standard InChI is InChI=1S/C14H18BrFN2O3/c1-3-10(4-2)17(8-7-15)14(19)12-6-5-11(18(20)21)9-13(12)16/h5-6,9-10H,3-4,7-8H2,1-2H3. The number of benzene rings is 1. The van der Waals surface area contributed by atoms with Crippen molar-refractivity contribution in [3.8, 4) is 0 Å². The Kier molecular flexibility index (Phi) is 6.74. The van der Waals surface area contributed by atoms with Gasteiger partial charge in [0.1, 0.15) is 5.82 Å². The Morgan fingerprint density at radius 2 is 2.05 bits per heavy atom. The van der Waals surface area contributed by atoms with Crippen molar-refractivity contribution in [2.24, 2.45) is 0 Å². The Hall–Kier alpha value is -1.50. The number of nitrogens with zero attached hydrogens (tertiary/aromatic N) is 2. The molecular formula is C14H18BrFN2O3. The maximum Gasteiger partial charge on any atom is 0.272 e. The lowest BCUT2D eigenvalue weighted by Gasteiger charge is -2.30. The van der Waals surface area contributed by atoms with Crippen LogP contribution in [0.2, 0.25) is 0 Å². The number of carbonyl (C=O) groups is 1. The Labute approximate surface area is 131 Å². The van der Waals surface area contributed by atoms with Crippen LogP contribution in [0.1, 0.15) is 37.0 Å². The van der Waals surface area contributed by atoms with Gasteiger partial charge in [0.15, 0.2) is 0 Å². The average molecular weight is 361 g/mol. The number of nitro groups is 1. The molecule has 0 N–H and O–H groups in total. The lowest BCUT2D eigenvalue weighted by atomic mass is 10.1. The Morgan fingerprint density at radius 1 is 1.43 bits per heavy atom. The van der Waals surface area contributed by atoms with E-state index in [0.717, 1.165) is 25.0 Å². The minimum Gasteiger partial charge on any atom is -0.335 e. The summed E-state index contributed by atoms with van der Waals surface area (Å²) in [6.45, 7) is 4.39. The third-order valence-electron chi connectivity index (χ3n) is 3.36. The van der Waals surface area contributed by atoms with Crippen molar-refractivity contribution in [1.82, 2.24) is 4.90 Å². The summed E-state index contributed by atoms with van der Waals surface area (Å²) in [4.78, 5) is 24.0. The molecule has 0 atom stereocenters. The highest BCUT2D eigenvalue weighted by Gasteiger charge is 2.25. The summed E-state index contributed by atoms with van der Waals surface area (Å²) in [6, 6.07) is 3.13. The van der Waals surface area contributed by atoms with Crippen LogP contribution in [0.5, 0.6) is 0 Å². The predicted octanol–water partition coefficient (Wildman–Crippen LogP) is 3.76. The van der Waals surface area contributed by atoms with Gasteiger partial charge in [0.2, 0.25) is 0 Å². The molecule has 0 unspecified atom stereocenters. The van der Waals surface area contributed by atoms with E-state index in [-0.39, 0.29) is 17.3 Å². The zero-order valence-corrected chi connectivity index (χ0v) is 13.6. The third kappa shape index (κ3) is 4.23. The highest BCUT2D eigenvalue weighted by molar-refractivity contribution is 9.09. The van der Waals surface area contributed by atoms with Gasteiger partial charge < -0.3 is 4.90 Å². The number of amides is 1. The van der Waals surface area contributed by atoms with Gasteiger partial charge in [-0.3, -0.25) is 14.9 Å². The Balaban J connectivity index is 3.11. The topological polar surface area (TPSA) is 63.5 Å². The molecule has 0 fully saturated rings. The van der Waals surface area contributed by atoms with Crippen molar-refractivity contribution in [3.05, 3.63) is 39.7 Å². The molecule has 1 amide bonds. The van der Waals surface area contributed by atoms with E-state index in [1.165, 1.54) is 6.07 Å². The third-order valence-corrected chi connectivity index (χ3v) is 3.72. The van der Waals surface area contributed by atoms with Gasteiger partial charge in [-0.15, -0.1) is 0 Å². The molecule has 0 heterocycles. The lowest BCUT2D eigenvalue weighted by Crippen LogP contribution is -2.41. The predicted molar refractivity (Wildman–Crippen MR) is 82.3 cm³/mol. The molecule has 0 aliphatic heterocycles. The highest BCUT2D eigenvalue weighted by Crippen LogP contribution is 2.20. The van der Waals surface area contributed by atoms with E-state index in [1.807, 2.05) is 13.8 Å². The zero-order valence-electron chi connectivity index (χ0n) is 12.0. The Morgan fingerprint density at radius 3 is 2.48 bits per heavy atom. The molecule has 0 aromatic heterocycles. The molecule has 21 heavy (non-hydrogen) atoms. The summed E-state index contributed by atoms with van der Waals surface area (Å²) in [5.41, 5.74) is -0.493. The van der Waals surface area contributed by atoms with Crippen molar-refractivity contribution in [3.63, 3.8) is 0 Å². The number of hydrogen-bond acceptors (Lipinski definition) is 3. The van der Waals surface area contributed by atoms with Gasteiger partial charge in [-0.2, -0.15) is 0 Å². The molecule has 1 aromatic carbocycles. The molecule has 0 radical (unpaired) electrons. The molecule has 0 aliphatic carbocycles. The van der Waals surface area contributed by atoms with Crippen LogP contribution in [0.3, 0.4) is 0 Å². The van der Waals surface area contributed by atoms with E-state index in [9.17, 15) is 19.3 Å². The summed E-state index contributed by atoms with van der Waals surface area (Å²) >= 11 is 3.29. The number of carbonyl (C=O) groups excluding carboxylic acids is 1. The molecule has 7 heteroatoms. The summed E-state index contributed by atoms with van der Waals surface area (Å²) < 4.78 is 14.0. The van der Waals surface area contributed by atoms with Gasteiger partial charge in [-0.1, -0.05) is 29.8 Å². The van der Waals surface area contributed by atoms with Gasteiger partial charge in [0, 0.05) is 24.0 Å². The van der Waals surface area contributed by atoms with Crippen LogP contribution in [-0.4, -0.2) is 33.6 Å². The fourth-order valence-electron chi connectivity index (χ4n) is 2.22. The molecule has 0 aliphatic rings. The Bertz CT molecular complexity index is 521. The van der Waals surface area contributed by atoms with Gasteiger partial charge in [0.05, 0.1) is 16.6 Å². The fraction of sp³-hybridized carbons (Fsp3) is 0.500. The number of hydrogen-bond donors (Lipinski definition) is 0. The number of nitro benzene ring substituents is 1. The van der Waals surface area contributed by atoms with Crippen LogP contribution < -0.4 is 0 Å². The second-order valence-corrected chi connectivity index (χ2v) is 5.37. The van der Waals surface area contributed by atoms with Crippen molar-refractivity contribution in [2.45, 2.75) is 32.7 Å². The molecule has 0 bridgehead atoms. The van der Waals surface area contributed by atoms with Crippen LogP contribution in [0.25, 0.3) is 0 Å². The maximum atomic E-state index is 14.0. The van der Waals surface area contributed by atoms with E-state index >= 15 is 0 Å². The van der Waals surface area contributed by atoms with Crippen LogP contribution in [0.15, 0.2) is 18.2 Å². The first kappa shape index (κ1) is 17.6. The van der Waals surface area contributed by atoms with E-state index < -0.39 is 16.6 Å². The van der Waals surface area contributed by atoms with Gasteiger partial charge in [-0.25, -0.2) is 4.39 Å². The molecule has 0 saturated carbocycles. The quantitative estimate of drug-likeness (QED) is 0.422. The van der Waals surface area contributed by atoms with Gasteiger partial charge in [0.25, 0.3) is 11.6 Å². The zero-order chi connectivity index (χ0) is 16.0. The normalized spacial score (nSPS) is 10.7. The van der Waals surface area contributed by atoms with Crippen molar-refractivity contribution in [1.29, 1.82) is 0 Å². The minimum absolute atomic E-state index is 0.0182. The smallest absolute Gasteiger partial charge is 0.272 e. The first-order valence-corrected chi connectivity index (χ1v) is 7.89. The van der Waals surface area contributed by atoms with Crippen LogP contribution in [0, 0.1) is 15.9 Å². The van der Waals surface area contributed by atoms with Crippen LogP contribution in [-0.2, 0) is 0 Å². The summed E-state index contributed by atoms with van der Waals surface area (Å²) in [6.07, 6.45) is 1.54. The number of halogens is 2. The molecule has 116 valence electrons. The first-order valence-electron chi connectivity index (χ1n) is 6.77. The molecule has 0 spiro atoms. The average Bonchev–Trinajstić information content (AvgIpc) is 2.46. The molecular weight excluding hydrogens is 343 g/mol. The molecule has 1 rings (SSSR count). The molecule has 1 aromatic rings. The van der Waals surface area contributed by atoms with Crippen molar-refractivity contribution in [2.75, 3.05) is 11.9 Å². The number of alkyl halides is 1. The van der Waals surface area contributed by atoms with E-state index in [0.29, 0.717) is 11.9 Å². The second kappa shape index (κ2) is 8.07. The minimum atomic E-state index is -0.861. The lowest BCUT2D eigenvalue weighted by molar-refractivity contribution is -0.385. The largest absolute Gasteiger partial charge is 0.335 e. The first-order chi connectivity index (χ1) is 9.96. The van der Waals surface area contributed by atoms with Crippen molar-refractivity contribution >= 4 is 27.5 Å². The van der Waals surface area contributed by atoms with Gasteiger partial charge in [-0.05, 0) is 18.9 Å². The SMILES string of the molecule is CCC(CC)N(CCBr)C(=O)c1ccc([N+](=O)[O-])cc1F. The van der Waals surface area contributed by atoms with Crippen LogP contribution >= 0.6 is 15.9 Å². The number of non-ortho nitro benzene ring substituents is 1. The summed E-state index contributed by atoms with van der Waals surface area (Å²) in [5, 5.41) is 11.2. The highest BCUT2D eigenvalue weighted by atomic mass is 79.9. The summed E-state index contributed by atoms with van der Waals surface area (Å²) in [7, 11) is 0. The van der Waals surface area contributed by atoms with E-state index in [2.05, 4.69) is 15.9 Å².